The van der Waals surface area contributed by atoms with E-state index in [1.54, 1.807) is 0 Å². The van der Waals surface area contributed by atoms with Gasteiger partial charge in [0, 0.05) is 11.1 Å². The highest BCUT2D eigenvalue weighted by Crippen LogP contribution is 2.37. The van der Waals surface area contributed by atoms with Crippen molar-refractivity contribution in [3.63, 3.8) is 0 Å². The molecule has 1 saturated carbocycles. The molecule has 0 bridgehead atoms. The van der Waals surface area contributed by atoms with Crippen LogP contribution in [0.2, 0.25) is 0 Å². The van der Waals surface area contributed by atoms with Gasteiger partial charge in [0.1, 0.15) is 18.1 Å². The lowest BCUT2D eigenvalue weighted by molar-refractivity contribution is -0.148. The Morgan fingerprint density at radius 3 is 1.90 bits per heavy atom. The van der Waals surface area contributed by atoms with E-state index in [0.29, 0.717) is 24.0 Å². The van der Waals surface area contributed by atoms with Gasteiger partial charge in [-0.3, -0.25) is 19.3 Å². The molecule has 7 heteroatoms. The second-order valence-electron chi connectivity index (χ2n) is 7.59. The second-order valence-corrected chi connectivity index (χ2v) is 7.59. The van der Waals surface area contributed by atoms with Gasteiger partial charge in [0.2, 0.25) is 11.8 Å². The van der Waals surface area contributed by atoms with Gasteiger partial charge in [-0.15, -0.1) is 0 Å². The third-order valence-corrected chi connectivity index (χ3v) is 5.67. The number of ether oxygens (including phenoxy) is 1. The third-order valence-electron chi connectivity index (χ3n) is 5.67. The van der Waals surface area contributed by atoms with Gasteiger partial charge in [-0.25, -0.2) is 9.18 Å². The zero-order chi connectivity index (χ0) is 21.3. The normalized spacial score (nSPS) is 20.8. The molecule has 2 fully saturated rings. The molecular formula is C23H20FNO5. The van der Waals surface area contributed by atoms with Crippen molar-refractivity contribution in [3.8, 4) is 5.75 Å². The maximum atomic E-state index is 13.0. The number of benzene rings is 2. The van der Waals surface area contributed by atoms with Gasteiger partial charge >= 0.3 is 5.97 Å². The second kappa shape index (κ2) is 8.18. The number of fused-ring (bicyclic) bond motifs is 1. The van der Waals surface area contributed by atoms with E-state index in [-0.39, 0.29) is 35.2 Å². The average Bonchev–Trinajstić information content (AvgIpc) is 2.99. The van der Waals surface area contributed by atoms with Crippen LogP contribution >= 0.6 is 0 Å². The summed E-state index contributed by atoms with van der Waals surface area (Å²) in [5.74, 6) is -2.43. The first-order valence-electron chi connectivity index (χ1n) is 9.90. The standard InChI is InChI=1S/C23H20FNO5/c24-16-9-5-14(6-10-16)21(27)15-7-11-17(12-8-15)30-20(26)13-25-22(28)18-3-1-2-4-19(18)23(25)29/h5-12,18-19H,1-4,13H2/t18-,19+. The molecule has 0 N–H and O–H groups in total. The summed E-state index contributed by atoms with van der Waals surface area (Å²) in [5.41, 5.74) is 0.698. The van der Waals surface area contributed by atoms with Crippen molar-refractivity contribution in [1.82, 2.24) is 4.90 Å². The fourth-order valence-corrected chi connectivity index (χ4v) is 4.12. The first-order chi connectivity index (χ1) is 14.4. The largest absolute Gasteiger partial charge is 0.425 e. The van der Waals surface area contributed by atoms with Crippen molar-refractivity contribution in [2.75, 3.05) is 6.54 Å². The summed E-state index contributed by atoms with van der Waals surface area (Å²) < 4.78 is 18.2. The number of likely N-dealkylation sites (tertiary alicyclic amines) is 1. The minimum Gasteiger partial charge on any atom is -0.425 e. The van der Waals surface area contributed by atoms with Crippen LogP contribution in [-0.4, -0.2) is 35.0 Å². The summed E-state index contributed by atoms with van der Waals surface area (Å²) in [5, 5.41) is 0. The quantitative estimate of drug-likeness (QED) is 0.328. The third kappa shape index (κ3) is 3.87. The van der Waals surface area contributed by atoms with E-state index >= 15 is 0 Å². The number of imide groups is 1. The summed E-state index contributed by atoms with van der Waals surface area (Å²) >= 11 is 0. The Bertz CT molecular complexity index is 975. The van der Waals surface area contributed by atoms with E-state index in [1.165, 1.54) is 48.5 Å². The highest BCUT2D eigenvalue weighted by atomic mass is 19.1. The van der Waals surface area contributed by atoms with Crippen molar-refractivity contribution >= 4 is 23.6 Å². The smallest absolute Gasteiger partial charge is 0.331 e. The van der Waals surface area contributed by atoms with Gasteiger partial charge in [-0.05, 0) is 61.4 Å². The van der Waals surface area contributed by atoms with Crippen LogP contribution in [0.3, 0.4) is 0 Å². The summed E-state index contributed by atoms with van der Waals surface area (Å²) in [6, 6.07) is 11.1. The van der Waals surface area contributed by atoms with E-state index in [1.807, 2.05) is 0 Å². The van der Waals surface area contributed by atoms with Crippen LogP contribution < -0.4 is 4.74 Å². The van der Waals surface area contributed by atoms with Gasteiger partial charge in [0.05, 0.1) is 11.8 Å². The number of esters is 1. The lowest BCUT2D eigenvalue weighted by atomic mass is 9.81. The van der Waals surface area contributed by atoms with E-state index in [9.17, 15) is 23.6 Å². The Balaban J connectivity index is 1.38. The van der Waals surface area contributed by atoms with E-state index in [2.05, 4.69) is 0 Å². The highest BCUT2D eigenvalue weighted by molar-refractivity contribution is 6.09. The van der Waals surface area contributed by atoms with Crippen molar-refractivity contribution in [3.05, 3.63) is 65.5 Å². The highest BCUT2D eigenvalue weighted by Gasteiger charge is 2.48. The van der Waals surface area contributed by atoms with E-state index < -0.39 is 18.3 Å². The monoisotopic (exact) mass is 409 g/mol. The zero-order valence-electron chi connectivity index (χ0n) is 16.2. The molecule has 0 unspecified atom stereocenters. The van der Waals surface area contributed by atoms with Crippen molar-refractivity contribution in [1.29, 1.82) is 0 Å². The average molecular weight is 409 g/mol. The van der Waals surface area contributed by atoms with Crippen LogP contribution in [0.25, 0.3) is 0 Å². The van der Waals surface area contributed by atoms with Gasteiger partial charge < -0.3 is 4.74 Å². The lowest BCUT2D eigenvalue weighted by Crippen LogP contribution is -2.37. The van der Waals surface area contributed by atoms with Crippen LogP contribution in [-0.2, 0) is 14.4 Å². The fourth-order valence-electron chi connectivity index (χ4n) is 4.12. The Morgan fingerprint density at radius 1 is 0.867 bits per heavy atom. The number of ketones is 1. The zero-order valence-corrected chi connectivity index (χ0v) is 16.2. The Labute approximate surface area is 172 Å². The minimum atomic E-state index is -0.715. The topological polar surface area (TPSA) is 80.8 Å². The molecule has 0 aromatic heterocycles. The molecular weight excluding hydrogens is 389 g/mol. The molecule has 1 aliphatic carbocycles. The Morgan fingerprint density at radius 2 is 1.37 bits per heavy atom. The molecule has 1 heterocycles. The summed E-state index contributed by atoms with van der Waals surface area (Å²) in [7, 11) is 0. The number of hydrogen-bond acceptors (Lipinski definition) is 5. The molecule has 0 spiro atoms. The first-order valence-corrected chi connectivity index (χ1v) is 9.90. The van der Waals surface area contributed by atoms with Gasteiger partial charge in [-0.1, -0.05) is 12.8 Å². The molecule has 154 valence electrons. The first kappa shape index (κ1) is 19.9. The van der Waals surface area contributed by atoms with E-state index in [0.717, 1.165) is 17.7 Å². The summed E-state index contributed by atoms with van der Waals surface area (Å²) in [6.45, 7) is -0.416. The number of nitrogens with zero attached hydrogens (tertiary/aromatic N) is 1. The molecule has 2 amide bonds. The van der Waals surface area contributed by atoms with Gasteiger partial charge in [0.25, 0.3) is 0 Å². The number of carbonyl (C=O) groups is 4. The summed E-state index contributed by atoms with van der Waals surface area (Å²) in [6.07, 6.45) is 3.21. The van der Waals surface area contributed by atoms with Crippen LogP contribution in [0, 0.1) is 17.7 Å². The molecule has 2 aliphatic rings. The molecule has 6 nitrogen and oxygen atoms in total. The predicted molar refractivity (Wildman–Crippen MR) is 104 cm³/mol. The van der Waals surface area contributed by atoms with Crippen LogP contribution in [0.15, 0.2) is 48.5 Å². The molecule has 4 rings (SSSR count). The predicted octanol–water partition coefficient (Wildman–Crippen LogP) is 3.14. The molecule has 30 heavy (non-hydrogen) atoms. The molecule has 1 aliphatic heterocycles. The van der Waals surface area contributed by atoms with Crippen LogP contribution in [0.5, 0.6) is 5.75 Å². The van der Waals surface area contributed by atoms with Gasteiger partial charge in [-0.2, -0.15) is 0 Å². The maximum absolute atomic E-state index is 13.0. The van der Waals surface area contributed by atoms with Crippen molar-refractivity contribution in [2.24, 2.45) is 11.8 Å². The number of carbonyl (C=O) groups excluding carboxylic acids is 4. The maximum Gasteiger partial charge on any atom is 0.331 e. The molecule has 0 radical (unpaired) electrons. The number of hydrogen-bond donors (Lipinski definition) is 0. The Hall–Kier alpha value is -3.35. The van der Waals surface area contributed by atoms with Crippen molar-refractivity contribution in [2.45, 2.75) is 25.7 Å². The van der Waals surface area contributed by atoms with Crippen LogP contribution in [0.1, 0.15) is 41.6 Å². The number of rotatable bonds is 5. The molecule has 2 aromatic rings. The number of halogens is 1. The van der Waals surface area contributed by atoms with E-state index in [4.69, 9.17) is 4.74 Å². The van der Waals surface area contributed by atoms with Crippen LogP contribution in [0.4, 0.5) is 4.39 Å². The van der Waals surface area contributed by atoms with Crippen molar-refractivity contribution < 1.29 is 28.3 Å². The molecule has 2 aromatic carbocycles. The Kier molecular flexibility index (Phi) is 5.44. The minimum absolute atomic E-state index is 0.201. The SMILES string of the molecule is O=C(CN1C(=O)[C@H]2CCCC[C@H]2C1=O)Oc1ccc(C(=O)c2ccc(F)cc2)cc1. The summed E-state index contributed by atoms with van der Waals surface area (Å²) in [4.78, 5) is 50.6. The fraction of sp³-hybridized carbons (Fsp3) is 0.304. The lowest BCUT2D eigenvalue weighted by Gasteiger charge is -2.19. The molecule has 2 atom stereocenters. The van der Waals surface area contributed by atoms with Gasteiger partial charge in [0.15, 0.2) is 5.78 Å². The number of amides is 2. The molecule has 1 saturated heterocycles.